The van der Waals surface area contributed by atoms with Crippen molar-refractivity contribution in [1.29, 1.82) is 0 Å². The highest BCUT2D eigenvalue weighted by atomic mass is 16.5. The molecule has 2 rings (SSSR count). The maximum atomic E-state index is 12.8. The second-order valence-electron chi connectivity index (χ2n) is 7.10. The van der Waals surface area contributed by atoms with E-state index in [1.165, 1.54) is 11.0 Å². The van der Waals surface area contributed by atoms with Crippen molar-refractivity contribution >= 4 is 17.5 Å². The second kappa shape index (κ2) is 7.83. The van der Waals surface area contributed by atoms with E-state index in [0.717, 1.165) is 12.1 Å². The predicted molar refractivity (Wildman–Crippen MR) is 99.8 cm³/mol. The monoisotopic (exact) mass is 344 g/mol. The molecule has 25 heavy (non-hydrogen) atoms. The Hall–Kier alpha value is -2.14. The summed E-state index contributed by atoms with van der Waals surface area (Å²) < 4.78 is 5.82. The van der Waals surface area contributed by atoms with Crippen LogP contribution >= 0.6 is 0 Å². The Bertz CT molecular complexity index is 637. The van der Waals surface area contributed by atoms with E-state index in [4.69, 9.17) is 4.74 Å². The summed E-state index contributed by atoms with van der Waals surface area (Å²) in [6.07, 6.45) is 2.30. The summed E-state index contributed by atoms with van der Waals surface area (Å²) in [7, 11) is 1.68. The number of anilines is 1. The Morgan fingerprint density at radius 1 is 1.36 bits per heavy atom. The highest BCUT2D eigenvalue weighted by Gasteiger charge is 2.38. The molecule has 5 heteroatoms. The number of likely N-dealkylation sites (N-methyl/N-ethyl adjacent to an activating group) is 1. The Kier molecular flexibility index (Phi) is 6.01. The standard InChI is InChI=1S/C20H28N2O3/c1-6-18(23)21(5)16-10-8-15(9-11-16)19(24)22-13-12-17(25-7-2)20(3,4)14-22/h6,8-11,17H,1,7,12-14H2,2-5H3. The Balaban J connectivity index is 2.08. The first kappa shape index (κ1) is 19.2. The van der Waals surface area contributed by atoms with Crippen LogP contribution < -0.4 is 4.90 Å². The van der Waals surface area contributed by atoms with Gasteiger partial charge in [0, 0.05) is 43.4 Å². The van der Waals surface area contributed by atoms with Crippen molar-refractivity contribution in [1.82, 2.24) is 4.90 Å². The molecule has 1 aliphatic heterocycles. The van der Waals surface area contributed by atoms with Gasteiger partial charge in [-0.05, 0) is 43.7 Å². The Morgan fingerprint density at radius 2 is 2.00 bits per heavy atom. The van der Waals surface area contributed by atoms with Crippen LogP contribution in [0, 0.1) is 5.41 Å². The molecule has 0 radical (unpaired) electrons. The van der Waals surface area contributed by atoms with Crippen molar-refractivity contribution in [3.8, 4) is 0 Å². The SMILES string of the molecule is C=CC(=O)N(C)c1ccc(C(=O)N2CCC(OCC)C(C)(C)C2)cc1. The number of nitrogens with zero attached hydrogens (tertiary/aromatic N) is 2. The van der Waals surface area contributed by atoms with Crippen LogP contribution in [-0.4, -0.2) is 49.6 Å². The number of likely N-dealkylation sites (tertiary alicyclic amines) is 1. The van der Waals surface area contributed by atoms with Gasteiger partial charge in [-0.15, -0.1) is 0 Å². The molecule has 0 aliphatic carbocycles. The molecule has 0 N–H and O–H groups in total. The zero-order valence-corrected chi connectivity index (χ0v) is 15.6. The Morgan fingerprint density at radius 3 is 2.52 bits per heavy atom. The van der Waals surface area contributed by atoms with E-state index >= 15 is 0 Å². The van der Waals surface area contributed by atoms with E-state index in [2.05, 4.69) is 20.4 Å². The summed E-state index contributed by atoms with van der Waals surface area (Å²) in [4.78, 5) is 27.9. The average Bonchev–Trinajstić information content (AvgIpc) is 2.61. The third-order valence-corrected chi connectivity index (χ3v) is 4.79. The molecular formula is C20H28N2O3. The van der Waals surface area contributed by atoms with Crippen LogP contribution in [0.2, 0.25) is 0 Å². The molecule has 1 aliphatic rings. The summed E-state index contributed by atoms with van der Waals surface area (Å²) in [6, 6.07) is 7.11. The lowest BCUT2D eigenvalue weighted by molar-refractivity contribution is -0.113. The first-order valence-electron chi connectivity index (χ1n) is 8.71. The summed E-state index contributed by atoms with van der Waals surface area (Å²) in [5.41, 5.74) is 1.30. The van der Waals surface area contributed by atoms with Gasteiger partial charge in [0.05, 0.1) is 6.10 Å². The third-order valence-electron chi connectivity index (χ3n) is 4.79. The molecular weight excluding hydrogens is 316 g/mol. The van der Waals surface area contributed by atoms with Gasteiger partial charge in [0.15, 0.2) is 0 Å². The molecule has 0 saturated carbocycles. The summed E-state index contributed by atoms with van der Waals surface area (Å²) in [6.45, 7) is 11.8. The lowest BCUT2D eigenvalue weighted by Crippen LogP contribution is -2.51. The number of carbonyl (C=O) groups is 2. The van der Waals surface area contributed by atoms with E-state index < -0.39 is 0 Å². The number of ether oxygens (including phenoxy) is 1. The molecule has 2 amide bonds. The first-order chi connectivity index (χ1) is 11.8. The highest BCUT2D eigenvalue weighted by Crippen LogP contribution is 2.32. The number of piperidine rings is 1. The second-order valence-corrected chi connectivity index (χ2v) is 7.10. The molecule has 0 aromatic heterocycles. The number of hydrogen-bond acceptors (Lipinski definition) is 3. The molecule has 136 valence electrons. The molecule has 1 saturated heterocycles. The van der Waals surface area contributed by atoms with E-state index in [0.29, 0.717) is 25.3 Å². The quantitative estimate of drug-likeness (QED) is 0.771. The van der Waals surface area contributed by atoms with Crippen LogP contribution in [0.3, 0.4) is 0 Å². The van der Waals surface area contributed by atoms with Crippen LogP contribution in [0.15, 0.2) is 36.9 Å². The Labute approximate surface area is 150 Å². The van der Waals surface area contributed by atoms with Crippen molar-refractivity contribution in [3.05, 3.63) is 42.5 Å². The molecule has 1 unspecified atom stereocenters. The zero-order chi connectivity index (χ0) is 18.6. The summed E-state index contributed by atoms with van der Waals surface area (Å²) >= 11 is 0. The molecule has 0 bridgehead atoms. The van der Waals surface area contributed by atoms with Crippen molar-refractivity contribution in [2.45, 2.75) is 33.3 Å². The summed E-state index contributed by atoms with van der Waals surface area (Å²) in [5.74, 6) is -0.161. The van der Waals surface area contributed by atoms with Crippen molar-refractivity contribution in [2.24, 2.45) is 5.41 Å². The normalized spacial score (nSPS) is 19.4. The minimum absolute atomic E-state index is 0.0206. The largest absolute Gasteiger partial charge is 0.378 e. The number of rotatable bonds is 5. The van der Waals surface area contributed by atoms with Gasteiger partial charge in [0.1, 0.15) is 0 Å². The fourth-order valence-electron chi connectivity index (χ4n) is 3.29. The maximum absolute atomic E-state index is 12.8. The van der Waals surface area contributed by atoms with Gasteiger partial charge in [-0.3, -0.25) is 9.59 Å². The number of benzene rings is 1. The fraction of sp³-hybridized carbons (Fsp3) is 0.500. The summed E-state index contributed by atoms with van der Waals surface area (Å²) in [5, 5.41) is 0. The van der Waals surface area contributed by atoms with Gasteiger partial charge < -0.3 is 14.5 Å². The number of amides is 2. The minimum Gasteiger partial charge on any atom is -0.378 e. The molecule has 1 aromatic rings. The van der Waals surface area contributed by atoms with E-state index in [9.17, 15) is 9.59 Å². The lowest BCUT2D eigenvalue weighted by Gasteiger charge is -2.43. The fourth-order valence-corrected chi connectivity index (χ4v) is 3.29. The molecule has 1 aromatic carbocycles. The third kappa shape index (κ3) is 4.28. The number of hydrogen-bond donors (Lipinski definition) is 0. The van der Waals surface area contributed by atoms with Crippen molar-refractivity contribution in [2.75, 3.05) is 31.6 Å². The molecule has 1 atom stereocenters. The molecule has 1 fully saturated rings. The predicted octanol–water partition coefficient (Wildman–Crippen LogP) is 3.11. The van der Waals surface area contributed by atoms with Crippen LogP contribution in [-0.2, 0) is 9.53 Å². The van der Waals surface area contributed by atoms with Crippen LogP contribution in [0.4, 0.5) is 5.69 Å². The van der Waals surface area contributed by atoms with E-state index in [-0.39, 0.29) is 23.3 Å². The van der Waals surface area contributed by atoms with Crippen LogP contribution in [0.5, 0.6) is 0 Å². The topological polar surface area (TPSA) is 49.9 Å². The number of carbonyl (C=O) groups excluding carboxylic acids is 2. The van der Waals surface area contributed by atoms with Crippen LogP contribution in [0.25, 0.3) is 0 Å². The van der Waals surface area contributed by atoms with Gasteiger partial charge in [-0.25, -0.2) is 0 Å². The van der Waals surface area contributed by atoms with Crippen molar-refractivity contribution < 1.29 is 14.3 Å². The van der Waals surface area contributed by atoms with Gasteiger partial charge in [-0.2, -0.15) is 0 Å². The molecule has 5 nitrogen and oxygen atoms in total. The van der Waals surface area contributed by atoms with E-state index in [1.807, 2.05) is 11.8 Å². The molecule has 1 heterocycles. The van der Waals surface area contributed by atoms with Gasteiger partial charge in [0.2, 0.25) is 5.91 Å². The van der Waals surface area contributed by atoms with Crippen LogP contribution in [0.1, 0.15) is 37.6 Å². The first-order valence-corrected chi connectivity index (χ1v) is 8.71. The lowest BCUT2D eigenvalue weighted by atomic mass is 9.81. The van der Waals surface area contributed by atoms with Crippen molar-refractivity contribution in [3.63, 3.8) is 0 Å². The smallest absolute Gasteiger partial charge is 0.253 e. The van der Waals surface area contributed by atoms with Gasteiger partial charge >= 0.3 is 0 Å². The highest BCUT2D eigenvalue weighted by molar-refractivity contribution is 6.01. The van der Waals surface area contributed by atoms with Gasteiger partial charge in [-0.1, -0.05) is 20.4 Å². The maximum Gasteiger partial charge on any atom is 0.253 e. The minimum atomic E-state index is -0.182. The molecule has 0 spiro atoms. The van der Waals surface area contributed by atoms with E-state index in [1.54, 1.807) is 31.3 Å². The van der Waals surface area contributed by atoms with Gasteiger partial charge in [0.25, 0.3) is 5.91 Å². The zero-order valence-electron chi connectivity index (χ0n) is 15.6. The average molecular weight is 344 g/mol.